The van der Waals surface area contributed by atoms with E-state index in [4.69, 9.17) is 0 Å². The maximum Gasteiger partial charge on any atom is 0.0416 e. The molecule has 2 rings (SSSR count). The van der Waals surface area contributed by atoms with Gasteiger partial charge >= 0.3 is 0 Å². The standard InChI is InChI=1S/C15H24N2/c1-13-6-2-3-7-14(13)12-16-11-9-15-8-4-5-10-17-15/h4-5,8,10,13-14,16H,2-3,6-7,9,11-12H2,1H3. The average Bonchev–Trinajstić information content (AvgIpc) is 2.38. The van der Waals surface area contributed by atoms with Gasteiger partial charge in [-0.2, -0.15) is 0 Å². The first-order chi connectivity index (χ1) is 8.36. The zero-order valence-electron chi connectivity index (χ0n) is 10.9. The molecule has 1 fully saturated rings. The van der Waals surface area contributed by atoms with Crippen LogP contribution in [0.15, 0.2) is 24.4 Å². The number of aromatic nitrogens is 1. The first kappa shape index (κ1) is 12.6. The molecule has 0 radical (unpaired) electrons. The average molecular weight is 232 g/mol. The minimum Gasteiger partial charge on any atom is -0.316 e. The van der Waals surface area contributed by atoms with E-state index in [1.54, 1.807) is 0 Å². The summed E-state index contributed by atoms with van der Waals surface area (Å²) in [4.78, 5) is 4.34. The van der Waals surface area contributed by atoms with Crippen LogP contribution in [0.5, 0.6) is 0 Å². The normalized spacial score (nSPS) is 24.8. The Morgan fingerprint density at radius 1 is 1.29 bits per heavy atom. The van der Waals surface area contributed by atoms with Crippen LogP contribution in [0.3, 0.4) is 0 Å². The van der Waals surface area contributed by atoms with E-state index in [9.17, 15) is 0 Å². The fraction of sp³-hybridized carbons (Fsp3) is 0.667. The van der Waals surface area contributed by atoms with Gasteiger partial charge < -0.3 is 5.32 Å². The molecular weight excluding hydrogens is 208 g/mol. The van der Waals surface area contributed by atoms with Crippen LogP contribution >= 0.6 is 0 Å². The zero-order chi connectivity index (χ0) is 11.9. The number of rotatable bonds is 5. The SMILES string of the molecule is CC1CCCCC1CNCCc1ccccn1. The highest BCUT2D eigenvalue weighted by molar-refractivity contribution is 5.03. The van der Waals surface area contributed by atoms with E-state index >= 15 is 0 Å². The van der Waals surface area contributed by atoms with Gasteiger partial charge in [-0.15, -0.1) is 0 Å². The molecule has 0 aromatic carbocycles. The molecule has 1 aromatic rings. The van der Waals surface area contributed by atoms with E-state index in [1.807, 2.05) is 12.3 Å². The van der Waals surface area contributed by atoms with Crippen LogP contribution in [0.25, 0.3) is 0 Å². The van der Waals surface area contributed by atoms with Gasteiger partial charge in [0.25, 0.3) is 0 Å². The Kier molecular flexibility index (Phi) is 4.99. The van der Waals surface area contributed by atoms with Crippen molar-refractivity contribution in [2.24, 2.45) is 11.8 Å². The van der Waals surface area contributed by atoms with E-state index in [0.29, 0.717) is 0 Å². The lowest BCUT2D eigenvalue weighted by atomic mass is 9.80. The molecule has 1 aliphatic rings. The second kappa shape index (κ2) is 6.75. The second-order valence-electron chi connectivity index (χ2n) is 5.30. The summed E-state index contributed by atoms with van der Waals surface area (Å²) in [5.74, 6) is 1.80. The van der Waals surface area contributed by atoms with Crippen molar-refractivity contribution in [3.63, 3.8) is 0 Å². The van der Waals surface area contributed by atoms with Crippen LogP contribution in [0.2, 0.25) is 0 Å². The number of nitrogens with zero attached hydrogens (tertiary/aromatic N) is 1. The minimum atomic E-state index is 0.896. The second-order valence-corrected chi connectivity index (χ2v) is 5.30. The molecule has 0 amide bonds. The van der Waals surface area contributed by atoms with Crippen molar-refractivity contribution < 1.29 is 0 Å². The van der Waals surface area contributed by atoms with Crippen LogP contribution in [0.4, 0.5) is 0 Å². The van der Waals surface area contributed by atoms with Gasteiger partial charge in [-0.25, -0.2) is 0 Å². The van der Waals surface area contributed by atoms with Crippen LogP contribution < -0.4 is 5.32 Å². The van der Waals surface area contributed by atoms with Crippen molar-refractivity contribution in [1.29, 1.82) is 0 Å². The zero-order valence-corrected chi connectivity index (χ0v) is 10.9. The Labute approximate surface area is 105 Å². The summed E-state index contributed by atoms with van der Waals surface area (Å²) in [5, 5.41) is 3.59. The molecule has 94 valence electrons. The predicted molar refractivity (Wildman–Crippen MR) is 71.9 cm³/mol. The first-order valence-corrected chi connectivity index (χ1v) is 6.97. The van der Waals surface area contributed by atoms with E-state index < -0.39 is 0 Å². The van der Waals surface area contributed by atoms with Crippen molar-refractivity contribution in [2.45, 2.75) is 39.0 Å². The third-order valence-corrected chi connectivity index (χ3v) is 3.98. The Morgan fingerprint density at radius 3 is 2.94 bits per heavy atom. The third kappa shape index (κ3) is 4.12. The van der Waals surface area contributed by atoms with Crippen molar-refractivity contribution in [3.8, 4) is 0 Å². The summed E-state index contributed by atoms with van der Waals surface area (Å²) >= 11 is 0. The number of hydrogen-bond acceptors (Lipinski definition) is 2. The molecule has 1 saturated carbocycles. The molecular formula is C15H24N2. The summed E-state index contributed by atoms with van der Waals surface area (Å²) in [5.41, 5.74) is 1.19. The van der Waals surface area contributed by atoms with E-state index in [-0.39, 0.29) is 0 Å². The molecule has 2 atom stereocenters. The largest absolute Gasteiger partial charge is 0.316 e. The predicted octanol–water partition coefficient (Wildman–Crippen LogP) is 3.04. The highest BCUT2D eigenvalue weighted by Gasteiger charge is 2.20. The van der Waals surface area contributed by atoms with Crippen LogP contribution in [0.1, 0.15) is 38.3 Å². The molecule has 0 spiro atoms. The molecule has 1 aliphatic carbocycles. The molecule has 17 heavy (non-hydrogen) atoms. The summed E-state index contributed by atoms with van der Waals surface area (Å²) in [7, 11) is 0. The number of pyridine rings is 1. The van der Waals surface area contributed by atoms with E-state index in [0.717, 1.165) is 24.8 Å². The van der Waals surface area contributed by atoms with Gasteiger partial charge in [-0.05, 0) is 36.9 Å². The van der Waals surface area contributed by atoms with Crippen LogP contribution in [-0.2, 0) is 6.42 Å². The molecule has 1 N–H and O–H groups in total. The monoisotopic (exact) mass is 232 g/mol. The summed E-state index contributed by atoms with van der Waals surface area (Å²) in [6, 6.07) is 6.14. The highest BCUT2D eigenvalue weighted by Crippen LogP contribution is 2.28. The smallest absolute Gasteiger partial charge is 0.0416 e. The molecule has 2 unspecified atom stereocenters. The van der Waals surface area contributed by atoms with Gasteiger partial charge in [0.15, 0.2) is 0 Å². The van der Waals surface area contributed by atoms with Gasteiger partial charge in [0.2, 0.25) is 0 Å². The molecule has 2 heteroatoms. The van der Waals surface area contributed by atoms with Crippen LogP contribution in [0, 0.1) is 11.8 Å². The van der Waals surface area contributed by atoms with Crippen molar-refractivity contribution in [2.75, 3.05) is 13.1 Å². The van der Waals surface area contributed by atoms with E-state index in [2.05, 4.69) is 29.4 Å². The summed E-state index contributed by atoms with van der Waals surface area (Å²) in [6.45, 7) is 4.65. The Balaban J connectivity index is 1.63. The molecule has 1 heterocycles. The van der Waals surface area contributed by atoms with Gasteiger partial charge in [-0.3, -0.25) is 4.98 Å². The summed E-state index contributed by atoms with van der Waals surface area (Å²) in [6.07, 6.45) is 8.62. The van der Waals surface area contributed by atoms with Gasteiger partial charge in [0.05, 0.1) is 0 Å². The maximum atomic E-state index is 4.34. The third-order valence-electron chi connectivity index (χ3n) is 3.98. The van der Waals surface area contributed by atoms with E-state index in [1.165, 1.54) is 37.9 Å². The Bertz CT molecular complexity index is 310. The lowest BCUT2D eigenvalue weighted by molar-refractivity contribution is 0.248. The summed E-state index contributed by atoms with van der Waals surface area (Å²) < 4.78 is 0. The van der Waals surface area contributed by atoms with Crippen molar-refractivity contribution >= 4 is 0 Å². The van der Waals surface area contributed by atoms with Gasteiger partial charge in [0.1, 0.15) is 0 Å². The molecule has 0 bridgehead atoms. The minimum absolute atomic E-state index is 0.896. The molecule has 2 nitrogen and oxygen atoms in total. The van der Waals surface area contributed by atoms with Gasteiger partial charge in [0, 0.05) is 24.9 Å². The maximum absolute atomic E-state index is 4.34. The molecule has 0 saturated heterocycles. The lowest BCUT2D eigenvalue weighted by Gasteiger charge is -2.28. The fourth-order valence-electron chi connectivity index (χ4n) is 2.75. The highest BCUT2D eigenvalue weighted by atomic mass is 14.9. The molecule has 1 aromatic heterocycles. The number of hydrogen-bond donors (Lipinski definition) is 1. The topological polar surface area (TPSA) is 24.9 Å². The van der Waals surface area contributed by atoms with Crippen molar-refractivity contribution in [1.82, 2.24) is 10.3 Å². The Morgan fingerprint density at radius 2 is 2.18 bits per heavy atom. The first-order valence-electron chi connectivity index (χ1n) is 6.97. The lowest BCUT2D eigenvalue weighted by Crippen LogP contribution is -2.30. The van der Waals surface area contributed by atoms with Crippen molar-refractivity contribution in [3.05, 3.63) is 30.1 Å². The van der Waals surface area contributed by atoms with Crippen LogP contribution in [-0.4, -0.2) is 18.1 Å². The molecule has 0 aliphatic heterocycles. The number of nitrogens with one attached hydrogen (secondary N) is 1. The Hall–Kier alpha value is -0.890. The van der Waals surface area contributed by atoms with Gasteiger partial charge in [-0.1, -0.05) is 32.3 Å². The fourth-order valence-corrected chi connectivity index (χ4v) is 2.75. The quantitative estimate of drug-likeness (QED) is 0.789.